The first-order chi connectivity index (χ1) is 27.5. The smallest absolute Gasteiger partial charge is 0.462 e. The van der Waals surface area contributed by atoms with Crippen LogP contribution in [0.5, 0.6) is 0 Å². The molecule has 0 aromatic rings. The minimum Gasteiger partial charge on any atom is -0.462 e. The molecule has 1 N–H and O–H groups in total. The van der Waals surface area contributed by atoms with Crippen molar-refractivity contribution in [2.75, 3.05) is 47.5 Å². The number of allylic oxidation sites excluding steroid dienone is 4. The molecule has 10 heteroatoms. The molecule has 0 aromatic heterocycles. The number of rotatable bonds is 43. The lowest BCUT2D eigenvalue weighted by molar-refractivity contribution is -0.870. The topological polar surface area (TPSA) is 108 Å². The van der Waals surface area contributed by atoms with Gasteiger partial charge in [-0.05, 0) is 32.1 Å². The van der Waals surface area contributed by atoms with Crippen LogP contribution in [0.1, 0.15) is 213 Å². The molecule has 0 aliphatic heterocycles. The number of quaternary nitrogens is 1. The standard InChI is InChI=1S/C47H90NO8P/c1-6-8-10-12-14-16-18-20-21-22-23-24-25-26-28-29-31-33-35-37-39-46(49)53-43-45(44-55-57(51,52)54-42-41-48(3,4)5)56-47(50)40-38-36-34-32-30-27-19-17-15-13-11-9-7-2/h27,30,34,36,45H,6-26,28-29,31-33,35,37-44H2,1-5H3/p+1/b30-27+,36-34+. The average Bonchev–Trinajstić information content (AvgIpc) is 3.16. The molecule has 0 fully saturated rings. The number of hydrogen-bond donors (Lipinski definition) is 1. The van der Waals surface area contributed by atoms with Crippen molar-refractivity contribution in [3.63, 3.8) is 0 Å². The van der Waals surface area contributed by atoms with Crippen molar-refractivity contribution in [3.05, 3.63) is 24.3 Å². The third kappa shape index (κ3) is 43.9. The number of ether oxygens (including phenoxy) is 2. The Bertz CT molecular complexity index is 1030. The van der Waals surface area contributed by atoms with Crippen molar-refractivity contribution in [2.45, 2.75) is 219 Å². The number of phosphoric ester groups is 1. The van der Waals surface area contributed by atoms with Crippen LogP contribution in [0.15, 0.2) is 24.3 Å². The lowest BCUT2D eigenvalue weighted by Crippen LogP contribution is -2.37. The predicted octanol–water partition coefficient (Wildman–Crippen LogP) is 13.5. The highest BCUT2D eigenvalue weighted by molar-refractivity contribution is 7.47. The highest BCUT2D eigenvalue weighted by Crippen LogP contribution is 2.43. The summed E-state index contributed by atoms with van der Waals surface area (Å²) >= 11 is 0. The summed E-state index contributed by atoms with van der Waals surface area (Å²) in [6.07, 6.45) is 43.9. The van der Waals surface area contributed by atoms with Gasteiger partial charge < -0.3 is 18.9 Å². The highest BCUT2D eigenvalue weighted by Gasteiger charge is 2.27. The summed E-state index contributed by atoms with van der Waals surface area (Å²) in [6, 6.07) is 0. The number of carbonyl (C=O) groups is 2. The maximum atomic E-state index is 12.6. The Labute approximate surface area is 351 Å². The van der Waals surface area contributed by atoms with E-state index in [1.54, 1.807) is 0 Å². The van der Waals surface area contributed by atoms with Gasteiger partial charge in [-0.3, -0.25) is 18.6 Å². The first kappa shape index (κ1) is 55.5. The zero-order chi connectivity index (χ0) is 42.1. The summed E-state index contributed by atoms with van der Waals surface area (Å²) in [7, 11) is 1.45. The first-order valence-corrected chi connectivity index (χ1v) is 25.1. The minimum atomic E-state index is -4.38. The first-order valence-electron chi connectivity index (χ1n) is 23.6. The van der Waals surface area contributed by atoms with Gasteiger partial charge in [-0.2, -0.15) is 0 Å². The molecular formula is C47H91NO8P+. The Balaban J connectivity index is 4.28. The van der Waals surface area contributed by atoms with E-state index in [1.165, 1.54) is 148 Å². The number of likely N-dealkylation sites (N-methyl/N-ethyl adjacent to an activating group) is 1. The summed E-state index contributed by atoms with van der Waals surface area (Å²) in [5.41, 5.74) is 0. The van der Waals surface area contributed by atoms with E-state index in [2.05, 4.69) is 26.0 Å². The predicted molar refractivity (Wildman–Crippen MR) is 238 cm³/mol. The molecule has 0 saturated carbocycles. The number of carbonyl (C=O) groups excluding carboxylic acids is 2. The SMILES string of the molecule is CCCCCCCC/C=C/C/C=C/CCC(=O)OC(COC(=O)CCCCCCCCCCCCCCCCCCCCCC)COP(=O)(O)OCC[N+](C)(C)C. The van der Waals surface area contributed by atoms with Gasteiger partial charge >= 0.3 is 19.8 Å². The van der Waals surface area contributed by atoms with Crippen LogP contribution in [-0.4, -0.2) is 74.9 Å². The second-order valence-corrected chi connectivity index (χ2v) is 18.6. The fourth-order valence-corrected chi connectivity index (χ4v) is 7.28. The molecule has 2 unspecified atom stereocenters. The third-order valence-electron chi connectivity index (χ3n) is 10.2. The zero-order valence-electron chi connectivity index (χ0n) is 37.8. The van der Waals surface area contributed by atoms with Gasteiger partial charge in [0.2, 0.25) is 0 Å². The molecule has 0 aromatic carbocycles. The normalized spacial score (nSPS) is 13.7. The van der Waals surface area contributed by atoms with Gasteiger partial charge in [0.25, 0.3) is 0 Å². The molecule has 0 spiro atoms. The van der Waals surface area contributed by atoms with E-state index in [0.717, 1.165) is 32.1 Å². The monoisotopic (exact) mass is 829 g/mol. The van der Waals surface area contributed by atoms with Crippen molar-refractivity contribution in [2.24, 2.45) is 0 Å². The van der Waals surface area contributed by atoms with Crippen molar-refractivity contribution in [3.8, 4) is 0 Å². The maximum Gasteiger partial charge on any atom is 0.472 e. The van der Waals surface area contributed by atoms with E-state index in [-0.39, 0.29) is 32.0 Å². The molecule has 2 atom stereocenters. The van der Waals surface area contributed by atoms with E-state index in [9.17, 15) is 19.0 Å². The molecule has 0 rings (SSSR count). The highest BCUT2D eigenvalue weighted by atomic mass is 31.2. The van der Waals surface area contributed by atoms with Gasteiger partial charge in [-0.25, -0.2) is 4.57 Å². The Morgan fingerprint density at radius 3 is 1.46 bits per heavy atom. The zero-order valence-corrected chi connectivity index (χ0v) is 38.7. The third-order valence-corrected chi connectivity index (χ3v) is 11.2. The summed E-state index contributed by atoms with van der Waals surface area (Å²) in [6.45, 7) is 4.37. The number of hydrogen-bond acceptors (Lipinski definition) is 7. The van der Waals surface area contributed by atoms with Crippen molar-refractivity contribution < 1.29 is 42.1 Å². The second kappa shape index (κ2) is 39.9. The summed E-state index contributed by atoms with van der Waals surface area (Å²) in [4.78, 5) is 35.3. The van der Waals surface area contributed by atoms with E-state index >= 15 is 0 Å². The molecule has 0 amide bonds. The molecule has 57 heavy (non-hydrogen) atoms. The van der Waals surface area contributed by atoms with Crippen LogP contribution >= 0.6 is 7.82 Å². The Morgan fingerprint density at radius 1 is 0.544 bits per heavy atom. The van der Waals surface area contributed by atoms with Crippen molar-refractivity contribution >= 4 is 19.8 Å². The molecule has 0 heterocycles. The van der Waals surface area contributed by atoms with Gasteiger partial charge in [0.1, 0.15) is 19.8 Å². The lowest BCUT2D eigenvalue weighted by atomic mass is 10.0. The van der Waals surface area contributed by atoms with Crippen LogP contribution in [0.4, 0.5) is 0 Å². The Hall–Kier alpha value is -1.51. The quantitative estimate of drug-likeness (QED) is 0.0213. The summed E-state index contributed by atoms with van der Waals surface area (Å²) < 4.78 is 34.3. The van der Waals surface area contributed by atoms with Gasteiger partial charge in [-0.15, -0.1) is 0 Å². The number of unbranched alkanes of at least 4 members (excludes halogenated alkanes) is 25. The summed E-state index contributed by atoms with van der Waals surface area (Å²) in [5.74, 6) is -0.868. The van der Waals surface area contributed by atoms with Crippen LogP contribution in [-0.2, 0) is 32.7 Å². The fourth-order valence-electron chi connectivity index (χ4n) is 6.54. The van der Waals surface area contributed by atoms with Gasteiger partial charge in [0.05, 0.1) is 27.7 Å². The van der Waals surface area contributed by atoms with Crippen LogP contribution in [0.25, 0.3) is 0 Å². The molecule has 0 bridgehead atoms. The lowest BCUT2D eigenvalue weighted by Gasteiger charge is -2.24. The number of esters is 2. The molecular weight excluding hydrogens is 737 g/mol. The van der Waals surface area contributed by atoms with Gasteiger partial charge in [0.15, 0.2) is 6.10 Å². The van der Waals surface area contributed by atoms with Crippen LogP contribution in [0, 0.1) is 0 Å². The molecule has 0 aliphatic carbocycles. The minimum absolute atomic E-state index is 0.0246. The molecule has 0 radical (unpaired) electrons. The largest absolute Gasteiger partial charge is 0.472 e. The summed E-state index contributed by atoms with van der Waals surface area (Å²) in [5, 5.41) is 0. The Kier molecular flexibility index (Phi) is 38.9. The second-order valence-electron chi connectivity index (χ2n) is 17.1. The van der Waals surface area contributed by atoms with Crippen LogP contribution in [0.3, 0.4) is 0 Å². The van der Waals surface area contributed by atoms with Crippen LogP contribution < -0.4 is 0 Å². The van der Waals surface area contributed by atoms with E-state index in [1.807, 2.05) is 33.3 Å². The van der Waals surface area contributed by atoms with Gasteiger partial charge in [0, 0.05) is 12.8 Å². The number of phosphoric acid groups is 1. The van der Waals surface area contributed by atoms with Crippen molar-refractivity contribution in [1.82, 2.24) is 0 Å². The van der Waals surface area contributed by atoms with E-state index in [4.69, 9.17) is 18.5 Å². The van der Waals surface area contributed by atoms with Crippen LogP contribution in [0.2, 0.25) is 0 Å². The van der Waals surface area contributed by atoms with Crippen molar-refractivity contribution in [1.29, 1.82) is 0 Å². The van der Waals surface area contributed by atoms with Gasteiger partial charge in [-0.1, -0.05) is 192 Å². The fraction of sp³-hybridized carbons (Fsp3) is 0.872. The molecule has 9 nitrogen and oxygen atoms in total. The number of nitrogens with zero attached hydrogens (tertiary/aromatic N) is 1. The van der Waals surface area contributed by atoms with E-state index in [0.29, 0.717) is 17.4 Å². The molecule has 336 valence electrons. The Morgan fingerprint density at radius 2 is 0.982 bits per heavy atom. The van der Waals surface area contributed by atoms with E-state index < -0.39 is 26.5 Å². The maximum absolute atomic E-state index is 12.6. The molecule has 0 saturated heterocycles. The molecule has 0 aliphatic rings. The average molecular weight is 829 g/mol.